The van der Waals surface area contributed by atoms with Crippen LogP contribution in [0.15, 0.2) is 58.5 Å². The maximum Gasteiger partial charge on any atom is 0.319 e. The fourth-order valence-corrected chi connectivity index (χ4v) is 4.94. The molecule has 2 heterocycles. The zero-order chi connectivity index (χ0) is 29.2. The lowest BCUT2D eigenvalue weighted by molar-refractivity contribution is 0.251. The third-order valence-electron chi connectivity index (χ3n) is 7.30. The van der Waals surface area contributed by atoms with E-state index < -0.39 is 0 Å². The fraction of sp³-hybridized carbons (Fsp3) is 0.500. The van der Waals surface area contributed by atoms with Gasteiger partial charge in [-0.05, 0) is 74.2 Å². The van der Waals surface area contributed by atoms with Gasteiger partial charge in [0, 0.05) is 61.8 Å². The third-order valence-corrected chi connectivity index (χ3v) is 7.30. The van der Waals surface area contributed by atoms with E-state index in [0.29, 0.717) is 13.1 Å². The summed E-state index contributed by atoms with van der Waals surface area (Å²) in [4.78, 5) is 33.3. The molecule has 2 aromatic rings. The van der Waals surface area contributed by atoms with E-state index in [-0.39, 0.29) is 12.1 Å². The van der Waals surface area contributed by atoms with Crippen molar-refractivity contribution in [2.24, 2.45) is 9.98 Å². The first-order chi connectivity index (χ1) is 20.7. The number of amides is 4. The summed E-state index contributed by atoms with van der Waals surface area (Å²) in [6, 6.07) is 15.2. The van der Waals surface area contributed by atoms with Crippen molar-refractivity contribution in [3.8, 4) is 0 Å². The second-order valence-electron chi connectivity index (χ2n) is 10.8. The molecule has 4 amide bonds. The molecule has 6 N–H and O–H groups in total. The van der Waals surface area contributed by atoms with E-state index in [1.807, 2.05) is 48.5 Å². The summed E-state index contributed by atoms with van der Waals surface area (Å²) < 4.78 is 0. The van der Waals surface area contributed by atoms with Gasteiger partial charge in [0.1, 0.15) is 11.7 Å². The van der Waals surface area contributed by atoms with Crippen molar-refractivity contribution in [2.45, 2.75) is 64.2 Å². The highest BCUT2D eigenvalue weighted by molar-refractivity contribution is 6.00. The van der Waals surface area contributed by atoms with E-state index in [4.69, 9.17) is 0 Å². The smallest absolute Gasteiger partial charge is 0.319 e. The summed E-state index contributed by atoms with van der Waals surface area (Å²) in [6.45, 7) is 4.97. The molecule has 0 aromatic heterocycles. The van der Waals surface area contributed by atoms with E-state index in [1.54, 1.807) is 0 Å². The van der Waals surface area contributed by atoms with Crippen LogP contribution in [0.2, 0.25) is 0 Å². The molecule has 0 spiro atoms. The Labute approximate surface area is 249 Å². The van der Waals surface area contributed by atoms with E-state index in [0.717, 1.165) is 98.9 Å². The molecule has 10 heteroatoms. The lowest BCUT2D eigenvalue weighted by atomic mass is 10.1. The van der Waals surface area contributed by atoms with Gasteiger partial charge < -0.3 is 31.9 Å². The minimum Gasteiger partial charge on any atom is -0.370 e. The topological polar surface area (TPSA) is 131 Å². The zero-order valence-corrected chi connectivity index (χ0v) is 24.6. The van der Waals surface area contributed by atoms with E-state index in [2.05, 4.69) is 41.9 Å². The van der Waals surface area contributed by atoms with Crippen molar-refractivity contribution in [3.63, 3.8) is 0 Å². The van der Waals surface area contributed by atoms with Gasteiger partial charge in [-0.25, -0.2) is 9.59 Å². The molecule has 2 aliphatic rings. The molecule has 4 rings (SSSR count). The summed E-state index contributed by atoms with van der Waals surface area (Å²) in [5.74, 6) is 1.85. The molecule has 10 nitrogen and oxygen atoms in total. The minimum absolute atomic E-state index is 0.168. The molecule has 2 aliphatic heterocycles. The lowest BCUT2D eigenvalue weighted by Crippen LogP contribution is -2.30. The number of benzene rings is 2. The van der Waals surface area contributed by atoms with Crippen LogP contribution in [0, 0.1) is 0 Å². The Bertz CT molecular complexity index is 1080. The maximum absolute atomic E-state index is 12.2. The highest BCUT2D eigenvalue weighted by atomic mass is 16.2. The molecule has 0 fully saturated rings. The predicted octanol–water partition coefficient (Wildman–Crippen LogP) is 5.23. The number of anilines is 2. The molecule has 2 aromatic carbocycles. The van der Waals surface area contributed by atoms with Crippen LogP contribution in [0.3, 0.4) is 0 Å². The number of carbonyl (C=O) groups is 2. The highest BCUT2D eigenvalue weighted by Crippen LogP contribution is 2.13. The monoisotopic (exact) mass is 574 g/mol. The fourth-order valence-electron chi connectivity index (χ4n) is 4.94. The Morgan fingerprint density at radius 1 is 0.571 bits per heavy atom. The Balaban J connectivity index is 0.940. The van der Waals surface area contributed by atoms with Crippen molar-refractivity contribution in [3.05, 3.63) is 59.7 Å². The molecule has 0 bridgehead atoms. The van der Waals surface area contributed by atoms with Crippen molar-refractivity contribution >= 4 is 35.1 Å². The first kappa shape index (κ1) is 30.9. The molecule has 0 atom stereocenters. The van der Waals surface area contributed by atoms with Gasteiger partial charge >= 0.3 is 12.1 Å². The Kier molecular flexibility index (Phi) is 13.0. The molecule has 42 heavy (non-hydrogen) atoms. The van der Waals surface area contributed by atoms with Crippen molar-refractivity contribution in [2.75, 3.05) is 49.9 Å². The second-order valence-corrected chi connectivity index (χ2v) is 10.8. The quantitative estimate of drug-likeness (QED) is 0.163. The number of unbranched alkanes of at least 4 members (excludes halogenated alkanes) is 7. The Hall–Kier alpha value is -4.08. The molecule has 0 radical (unpaired) electrons. The van der Waals surface area contributed by atoms with Crippen LogP contribution in [0.5, 0.6) is 0 Å². The average Bonchev–Trinajstić information content (AvgIpc) is 3.03. The van der Waals surface area contributed by atoms with E-state index in [9.17, 15) is 9.59 Å². The minimum atomic E-state index is -0.168. The summed E-state index contributed by atoms with van der Waals surface area (Å²) in [6.07, 6.45) is 11.0. The molecular formula is C32H46N8O2. The molecular weight excluding hydrogens is 528 g/mol. The van der Waals surface area contributed by atoms with Crippen LogP contribution < -0.4 is 31.9 Å². The van der Waals surface area contributed by atoms with Crippen LogP contribution in [-0.2, 0) is 0 Å². The number of nitrogens with zero attached hydrogens (tertiary/aromatic N) is 2. The van der Waals surface area contributed by atoms with Gasteiger partial charge in [0.15, 0.2) is 0 Å². The summed E-state index contributed by atoms with van der Waals surface area (Å²) in [5.41, 5.74) is 3.64. The maximum atomic E-state index is 12.2. The first-order valence-corrected chi connectivity index (χ1v) is 15.5. The summed E-state index contributed by atoms with van der Waals surface area (Å²) >= 11 is 0. The van der Waals surface area contributed by atoms with Crippen molar-refractivity contribution in [1.82, 2.24) is 21.3 Å². The van der Waals surface area contributed by atoms with Crippen LogP contribution >= 0.6 is 0 Å². The summed E-state index contributed by atoms with van der Waals surface area (Å²) in [7, 11) is 0. The SMILES string of the molecule is O=C(NCCCCCCCCCCNC(=O)Nc1ccc(C2=NCCCN2)cc1)Nc1ccc(C2=NCCCN2)cc1. The standard InChI is InChI=1S/C32H46N8O2/c41-31(39-27-15-11-25(12-16-27)29-33-21-9-22-34-29)37-19-7-5-3-1-2-4-6-8-20-38-32(42)40-28-17-13-26(14-18-28)30-35-23-10-24-36-30/h11-18H,1-10,19-24H2,(H,33,34)(H,35,36)(H2,37,39,41)(H2,38,40,42). The molecule has 0 saturated carbocycles. The third kappa shape index (κ3) is 11.1. The number of aliphatic imine (C=N–C) groups is 2. The number of amidine groups is 2. The number of urea groups is 2. The van der Waals surface area contributed by atoms with Gasteiger partial charge in [0.25, 0.3) is 0 Å². The number of hydrogen-bond acceptors (Lipinski definition) is 6. The van der Waals surface area contributed by atoms with Gasteiger partial charge in [0.2, 0.25) is 0 Å². The second kappa shape index (κ2) is 17.7. The van der Waals surface area contributed by atoms with Crippen molar-refractivity contribution < 1.29 is 9.59 Å². The lowest BCUT2D eigenvalue weighted by Gasteiger charge is -2.15. The average molecular weight is 575 g/mol. The number of nitrogens with one attached hydrogen (secondary N) is 6. The highest BCUT2D eigenvalue weighted by Gasteiger charge is 2.09. The number of rotatable bonds is 15. The molecule has 0 aliphatic carbocycles. The Morgan fingerprint density at radius 3 is 1.31 bits per heavy atom. The number of carbonyl (C=O) groups excluding carboxylic acids is 2. The largest absolute Gasteiger partial charge is 0.370 e. The van der Waals surface area contributed by atoms with Crippen LogP contribution in [0.1, 0.15) is 75.3 Å². The van der Waals surface area contributed by atoms with Gasteiger partial charge in [-0.2, -0.15) is 0 Å². The molecule has 0 saturated heterocycles. The van der Waals surface area contributed by atoms with Gasteiger partial charge in [-0.1, -0.05) is 38.5 Å². The van der Waals surface area contributed by atoms with E-state index in [1.165, 1.54) is 25.7 Å². The van der Waals surface area contributed by atoms with E-state index >= 15 is 0 Å². The van der Waals surface area contributed by atoms with Gasteiger partial charge in [0.05, 0.1) is 0 Å². The van der Waals surface area contributed by atoms with Crippen LogP contribution in [0.25, 0.3) is 0 Å². The Morgan fingerprint density at radius 2 is 0.952 bits per heavy atom. The number of hydrogen-bond donors (Lipinski definition) is 6. The predicted molar refractivity (Wildman–Crippen MR) is 172 cm³/mol. The van der Waals surface area contributed by atoms with Crippen molar-refractivity contribution in [1.29, 1.82) is 0 Å². The summed E-state index contributed by atoms with van der Waals surface area (Å²) in [5, 5.41) is 18.3. The zero-order valence-electron chi connectivity index (χ0n) is 24.6. The van der Waals surface area contributed by atoms with Gasteiger partial charge in [-0.15, -0.1) is 0 Å². The molecule has 0 unspecified atom stereocenters. The molecule has 226 valence electrons. The van der Waals surface area contributed by atoms with Crippen LogP contribution in [0.4, 0.5) is 21.0 Å². The first-order valence-electron chi connectivity index (χ1n) is 15.5. The normalized spacial score (nSPS) is 14.5. The van der Waals surface area contributed by atoms with Gasteiger partial charge in [-0.3, -0.25) is 9.98 Å². The van der Waals surface area contributed by atoms with Crippen LogP contribution in [-0.4, -0.2) is 63.0 Å².